The molecule has 0 atom stereocenters. The van der Waals surface area contributed by atoms with Gasteiger partial charge < -0.3 is 25.0 Å². The van der Waals surface area contributed by atoms with Crippen molar-refractivity contribution in [3.63, 3.8) is 0 Å². The number of ether oxygens (including phenoxy) is 2. The van der Waals surface area contributed by atoms with Crippen molar-refractivity contribution in [1.29, 1.82) is 0 Å². The molecular formula is C20H26FIN4O2. The number of guanidine groups is 1. The van der Waals surface area contributed by atoms with Crippen molar-refractivity contribution < 1.29 is 13.9 Å². The average Bonchev–Trinajstić information content (AvgIpc) is 3.12. The molecule has 2 aromatic rings. The highest BCUT2D eigenvalue weighted by Gasteiger charge is 2.13. The third-order valence-corrected chi connectivity index (χ3v) is 4.32. The number of hydrogen-bond donors (Lipinski definition) is 2. The van der Waals surface area contributed by atoms with Gasteiger partial charge in [-0.15, -0.1) is 24.0 Å². The number of benzene rings is 2. The maximum Gasteiger partial charge on any atom is 0.231 e. The van der Waals surface area contributed by atoms with E-state index in [0.717, 1.165) is 29.0 Å². The normalized spacial score (nSPS) is 12.4. The van der Waals surface area contributed by atoms with Crippen LogP contribution in [0.5, 0.6) is 11.5 Å². The van der Waals surface area contributed by atoms with Gasteiger partial charge in [0.1, 0.15) is 5.82 Å². The summed E-state index contributed by atoms with van der Waals surface area (Å²) in [5.41, 5.74) is 2.59. The van der Waals surface area contributed by atoms with Gasteiger partial charge >= 0.3 is 0 Å². The number of rotatable bonds is 6. The molecule has 2 aromatic carbocycles. The first-order chi connectivity index (χ1) is 13.1. The standard InChI is InChI=1S/C20H25FN4O2.HI/c1-22-20(24-12-15-4-6-17(25(2)3)16(21)10-15)23-9-8-14-5-7-18-19(11-14)27-13-26-18;/h4-7,10-11H,8-9,12-13H2,1-3H3,(H2,22,23,24);1H. The fourth-order valence-electron chi connectivity index (χ4n) is 2.85. The third-order valence-electron chi connectivity index (χ3n) is 4.32. The van der Waals surface area contributed by atoms with Crippen LogP contribution in [-0.4, -0.2) is 40.4 Å². The first-order valence-corrected chi connectivity index (χ1v) is 8.85. The van der Waals surface area contributed by atoms with Crippen LogP contribution in [0.3, 0.4) is 0 Å². The van der Waals surface area contributed by atoms with Gasteiger partial charge in [-0.2, -0.15) is 0 Å². The van der Waals surface area contributed by atoms with Crippen LogP contribution in [0.1, 0.15) is 11.1 Å². The Labute approximate surface area is 182 Å². The lowest BCUT2D eigenvalue weighted by molar-refractivity contribution is 0.174. The largest absolute Gasteiger partial charge is 0.454 e. The van der Waals surface area contributed by atoms with Crippen LogP contribution >= 0.6 is 24.0 Å². The van der Waals surface area contributed by atoms with Crippen molar-refractivity contribution in [2.75, 3.05) is 39.4 Å². The van der Waals surface area contributed by atoms with E-state index in [9.17, 15) is 4.39 Å². The first-order valence-electron chi connectivity index (χ1n) is 8.85. The van der Waals surface area contributed by atoms with Crippen molar-refractivity contribution in [3.8, 4) is 11.5 Å². The zero-order valence-corrected chi connectivity index (χ0v) is 18.6. The van der Waals surface area contributed by atoms with Gasteiger partial charge in [0.05, 0.1) is 5.69 Å². The van der Waals surface area contributed by atoms with Crippen LogP contribution < -0.4 is 25.0 Å². The maximum absolute atomic E-state index is 14.1. The molecule has 0 fully saturated rings. The van der Waals surface area contributed by atoms with Gasteiger partial charge in [-0.1, -0.05) is 12.1 Å². The molecule has 0 radical (unpaired) electrons. The molecule has 0 spiro atoms. The molecule has 3 rings (SSSR count). The van der Waals surface area contributed by atoms with Gasteiger partial charge in [0.25, 0.3) is 0 Å². The minimum Gasteiger partial charge on any atom is -0.454 e. The summed E-state index contributed by atoms with van der Waals surface area (Å²) in [4.78, 5) is 5.96. The molecule has 152 valence electrons. The van der Waals surface area contributed by atoms with Gasteiger partial charge in [0, 0.05) is 34.2 Å². The highest BCUT2D eigenvalue weighted by Crippen LogP contribution is 2.32. The Morgan fingerprint density at radius 2 is 1.82 bits per heavy atom. The molecule has 0 unspecified atom stereocenters. The Balaban J connectivity index is 0.00000280. The average molecular weight is 500 g/mol. The van der Waals surface area contributed by atoms with E-state index in [4.69, 9.17) is 9.47 Å². The van der Waals surface area contributed by atoms with Crippen LogP contribution in [0.4, 0.5) is 10.1 Å². The minimum atomic E-state index is -0.231. The number of halogens is 2. The van der Waals surface area contributed by atoms with Crippen molar-refractivity contribution >= 4 is 35.6 Å². The van der Waals surface area contributed by atoms with Crippen LogP contribution in [0.15, 0.2) is 41.4 Å². The Morgan fingerprint density at radius 1 is 1.07 bits per heavy atom. The molecular weight excluding hydrogens is 474 g/mol. The number of fused-ring (bicyclic) bond motifs is 1. The molecule has 0 aliphatic carbocycles. The number of nitrogens with zero attached hydrogens (tertiary/aromatic N) is 2. The zero-order chi connectivity index (χ0) is 19.2. The number of aliphatic imine (C=N–C) groups is 1. The molecule has 2 N–H and O–H groups in total. The van der Waals surface area contributed by atoms with Gasteiger partial charge in [-0.3, -0.25) is 4.99 Å². The van der Waals surface area contributed by atoms with E-state index in [1.807, 2.05) is 38.4 Å². The van der Waals surface area contributed by atoms with Crippen molar-refractivity contribution in [2.24, 2.45) is 4.99 Å². The lowest BCUT2D eigenvalue weighted by Gasteiger charge is -2.15. The highest BCUT2D eigenvalue weighted by atomic mass is 127. The second-order valence-electron chi connectivity index (χ2n) is 6.47. The summed E-state index contributed by atoms with van der Waals surface area (Å²) < 4.78 is 24.8. The van der Waals surface area contributed by atoms with Crippen LogP contribution in [0.2, 0.25) is 0 Å². The molecule has 1 aliphatic rings. The second kappa shape index (κ2) is 10.4. The maximum atomic E-state index is 14.1. The number of anilines is 1. The molecule has 8 heteroatoms. The molecule has 0 bridgehead atoms. The molecule has 0 aromatic heterocycles. The van der Waals surface area contributed by atoms with Gasteiger partial charge in [-0.05, 0) is 41.8 Å². The molecule has 0 saturated carbocycles. The van der Waals surface area contributed by atoms with E-state index in [2.05, 4.69) is 15.6 Å². The van der Waals surface area contributed by atoms with E-state index in [-0.39, 0.29) is 36.6 Å². The third kappa shape index (κ3) is 5.63. The fourth-order valence-corrected chi connectivity index (χ4v) is 2.85. The molecule has 0 saturated heterocycles. The summed E-state index contributed by atoms with van der Waals surface area (Å²) in [6, 6.07) is 11.2. The minimum absolute atomic E-state index is 0. The Hall–Kier alpha value is -2.23. The second-order valence-corrected chi connectivity index (χ2v) is 6.47. The van der Waals surface area contributed by atoms with E-state index in [1.165, 1.54) is 0 Å². The quantitative estimate of drug-likeness (QED) is 0.363. The lowest BCUT2D eigenvalue weighted by atomic mass is 10.1. The predicted molar refractivity (Wildman–Crippen MR) is 121 cm³/mol. The molecule has 1 heterocycles. The summed E-state index contributed by atoms with van der Waals surface area (Å²) in [7, 11) is 5.36. The van der Waals surface area contributed by atoms with E-state index >= 15 is 0 Å². The van der Waals surface area contributed by atoms with Crippen LogP contribution in [-0.2, 0) is 13.0 Å². The smallest absolute Gasteiger partial charge is 0.231 e. The molecule has 28 heavy (non-hydrogen) atoms. The highest BCUT2D eigenvalue weighted by molar-refractivity contribution is 14.0. The number of hydrogen-bond acceptors (Lipinski definition) is 4. The Morgan fingerprint density at radius 3 is 2.54 bits per heavy atom. The molecule has 1 aliphatic heterocycles. The SMILES string of the molecule is CN=C(NCCc1ccc2c(c1)OCO2)NCc1ccc(N(C)C)c(F)c1.I. The summed E-state index contributed by atoms with van der Waals surface area (Å²) in [6.07, 6.45) is 0.823. The van der Waals surface area contributed by atoms with E-state index in [1.54, 1.807) is 24.1 Å². The topological polar surface area (TPSA) is 58.1 Å². The predicted octanol–water partition coefficient (Wildman–Crippen LogP) is 3.15. The van der Waals surface area contributed by atoms with Crippen LogP contribution in [0, 0.1) is 5.82 Å². The summed E-state index contributed by atoms with van der Waals surface area (Å²) in [6.45, 7) is 1.49. The summed E-state index contributed by atoms with van der Waals surface area (Å²) >= 11 is 0. The first kappa shape index (κ1) is 22.1. The monoisotopic (exact) mass is 500 g/mol. The van der Waals surface area contributed by atoms with E-state index in [0.29, 0.717) is 24.7 Å². The lowest BCUT2D eigenvalue weighted by Crippen LogP contribution is -2.37. The summed E-state index contributed by atoms with van der Waals surface area (Å²) in [5.74, 6) is 2.02. The van der Waals surface area contributed by atoms with E-state index < -0.39 is 0 Å². The van der Waals surface area contributed by atoms with Crippen molar-refractivity contribution in [1.82, 2.24) is 10.6 Å². The fraction of sp³-hybridized carbons (Fsp3) is 0.350. The number of nitrogens with one attached hydrogen (secondary N) is 2. The zero-order valence-electron chi connectivity index (χ0n) is 16.3. The van der Waals surface area contributed by atoms with Gasteiger partial charge in [-0.25, -0.2) is 4.39 Å². The van der Waals surface area contributed by atoms with Gasteiger partial charge in [0.15, 0.2) is 17.5 Å². The molecule has 6 nitrogen and oxygen atoms in total. The Bertz CT molecular complexity index is 830. The van der Waals surface area contributed by atoms with Crippen LogP contribution in [0.25, 0.3) is 0 Å². The van der Waals surface area contributed by atoms with Gasteiger partial charge in [0.2, 0.25) is 6.79 Å². The van der Waals surface area contributed by atoms with Crippen molar-refractivity contribution in [2.45, 2.75) is 13.0 Å². The molecule has 0 amide bonds. The van der Waals surface area contributed by atoms with Crippen molar-refractivity contribution in [3.05, 3.63) is 53.3 Å². The Kier molecular flexibility index (Phi) is 8.16. The summed E-state index contributed by atoms with van der Waals surface area (Å²) in [5, 5.41) is 6.47.